The summed E-state index contributed by atoms with van der Waals surface area (Å²) in [4.78, 5) is 4.39. The molecule has 0 amide bonds. The van der Waals surface area contributed by atoms with Crippen molar-refractivity contribution in [2.45, 2.75) is 44.6 Å². The SMILES string of the molecule is CCC(CC)(c1ccccc1)C(Cc1ncnn1C)NC. The smallest absolute Gasteiger partial charge is 0.138 e. The molecule has 1 atom stereocenters. The third kappa shape index (κ3) is 3.00. The van der Waals surface area contributed by atoms with Crippen LogP contribution in [0.4, 0.5) is 0 Å². The Labute approximate surface area is 127 Å². The first kappa shape index (κ1) is 15.7. The first-order chi connectivity index (χ1) is 10.2. The number of rotatable bonds is 7. The van der Waals surface area contributed by atoms with E-state index in [1.807, 2.05) is 18.8 Å². The summed E-state index contributed by atoms with van der Waals surface area (Å²) in [6.07, 6.45) is 4.70. The second kappa shape index (κ2) is 6.85. The highest BCUT2D eigenvalue weighted by Gasteiger charge is 2.37. The zero-order valence-corrected chi connectivity index (χ0v) is 13.5. The number of hydrogen-bond acceptors (Lipinski definition) is 3. The summed E-state index contributed by atoms with van der Waals surface area (Å²) in [6.45, 7) is 4.55. The van der Waals surface area contributed by atoms with E-state index in [0.717, 1.165) is 25.1 Å². The van der Waals surface area contributed by atoms with Gasteiger partial charge >= 0.3 is 0 Å². The van der Waals surface area contributed by atoms with Crippen molar-refractivity contribution in [1.82, 2.24) is 20.1 Å². The Morgan fingerprint density at radius 3 is 2.33 bits per heavy atom. The van der Waals surface area contributed by atoms with Crippen LogP contribution in [0.2, 0.25) is 0 Å². The summed E-state index contributed by atoms with van der Waals surface area (Å²) in [5, 5.41) is 7.72. The Kier molecular flexibility index (Phi) is 5.12. The molecule has 1 heterocycles. The van der Waals surface area contributed by atoms with Crippen molar-refractivity contribution in [2.75, 3.05) is 7.05 Å². The zero-order valence-electron chi connectivity index (χ0n) is 13.5. The number of benzene rings is 1. The van der Waals surface area contributed by atoms with E-state index in [-0.39, 0.29) is 5.41 Å². The molecule has 0 aliphatic carbocycles. The van der Waals surface area contributed by atoms with Gasteiger partial charge in [0.2, 0.25) is 0 Å². The summed E-state index contributed by atoms with van der Waals surface area (Å²) >= 11 is 0. The van der Waals surface area contributed by atoms with Gasteiger partial charge < -0.3 is 5.32 Å². The lowest BCUT2D eigenvalue weighted by Crippen LogP contribution is -2.48. The maximum absolute atomic E-state index is 4.39. The largest absolute Gasteiger partial charge is 0.316 e. The molecule has 4 nitrogen and oxygen atoms in total. The normalized spacial score (nSPS) is 13.3. The average Bonchev–Trinajstić information content (AvgIpc) is 2.94. The van der Waals surface area contributed by atoms with Gasteiger partial charge in [-0.15, -0.1) is 0 Å². The van der Waals surface area contributed by atoms with E-state index in [2.05, 4.69) is 59.6 Å². The van der Waals surface area contributed by atoms with Crippen LogP contribution in [0.1, 0.15) is 38.1 Å². The third-order valence-corrected chi connectivity index (χ3v) is 4.82. The predicted molar refractivity (Wildman–Crippen MR) is 86.3 cm³/mol. The van der Waals surface area contributed by atoms with E-state index >= 15 is 0 Å². The Morgan fingerprint density at radius 1 is 1.19 bits per heavy atom. The standard InChI is InChI=1S/C17H26N4/c1-5-17(6-2,14-10-8-7-9-11-14)15(18-3)12-16-19-13-20-21(16)4/h7-11,13,15,18H,5-6,12H2,1-4H3. The van der Waals surface area contributed by atoms with Gasteiger partial charge in [0.15, 0.2) is 0 Å². The van der Waals surface area contributed by atoms with Gasteiger partial charge in [-0.05, 0) is 25.5 Å². The summed E-state index contributed by atoms with van der Waals surface area (Å²) in [7, 11) is 4.00. The Bertz CT molecular complexity index is 543. The lowest BCUT2D eigenvalue weighted by Gasteiger charge is -2.40. The molecule has 114 valence electrons. The Morgan fingerprint density at radius 2 is 1.86 bits per heavy atom. The molecule has 0 aliphatic rings. The first-order valence-corrected chi connectivity index (χ1v) is 7.73. The van der Waals surface area contributed by atoms with E-state index in [1.54, 1.807) is 6.33 Å². The number of likely N-dealkylation sites (N-methyl/N-ethyl adjacent to an activating group) is 1. The van der Waals surface area contributed by atoms with Crippen LogP contribution in [-0.4, -0.2) is 27.9 Å². The quantitative estimate of drug-likeness (QED) is 0.851. The molecular formula is C17H26N4. The molecule has 1 aromatic heterocycles. The van der Waals surface area contributed by atoms with Crippen molar-refractivity contribution < 1.29 is 0 Å². The molecule has 0 aliphatic heterocycles. The second-order valence-corrected chi connectivity index (χ2v) is 5.57. The molecule has 0 saturated heterocycles. The molecule has 2 aromatic rings. The minimum atomic E-state index is 0.113. The number of nitrogens with one attached hydrogen (secondary N) is 1. The molecular weight excluding hydrogens is 260 g/mol. The van der Waals surface area contributed by atoms with E-state index in [4.69, 9.17) is 0 Å². The van der Waals surface area contributed by atoms with Crippen LogP contribution in [0.15, 0.2) is 36.7 Å². The second-order valence-electron chi connectivity index (χ2n) is 5.57. The van der Waals surface area contributed by atoms with Crippen LogP contribution in [0.5, 0.6) is 0 Å². The molecule has 4 heteroatoms. The highest BCUT2D eigenvalue weighted by atomic mass is 15.3. The number of aromatic nitrogens is 3. The van der Waals surface area contributed by atoms with Gasteiger partial charge in [0.25, 0.3) is 0 Å². The molecule has 1 N–H and O–H groups in total. The Balaban J connectivity index is 2.37. The van der Waals surface area contributed by atoms with Crippen LogP contribution in [0.3, 0.4) is 0 Å². The molecule has 1 unspecified atom stereocenters. The van der Waals surface area contributed by atoms with Crippen LogP contribution in [0, 0.1) is 0 Å². The van der Waals surface area contributed by atoms with Gasteiger partial charge in [-0.1, -0.05) is 44.2 Å². The monoisotopic (exact) mass is 286 g/mol. The van der Waals surface area contributed by atoms with E-state index in [1.165, 1.54) is 5.56 Å². The fourth-order valence-electron chi connectivity index (χ4n) is 3.38. The summed E-state index contributed by atoms with van der Waals surface area (Å²) in [5.41, 5.74) is 1.51. The van der Waals surface area contributed by atoms with Gasteiger partial charge in [-0.25, -0.2) is 4.98 Å². The molecule has 1 aromatic carbocycles. The number of nitrogens with zero attached hydrogens (tertiary/aromatic N) is 3. The highest BCUT2D eigenvalue weighted by Crippen LogP contribution is 2.36. The maximum Gasteiger partial charge on any atom is 0.138 e. The van der Waals surface area contributed by atoms with Crippen LogP contribution in [-0.2, 0) is 18.9 Å². The minimum Gasteiger partial charge on any atom is -0.316 e. The topological polar surface area (TPSA) is 42.7 Å². The van der Waals surface area contributed by atoms with Crippen molar-refractivity contribution >= 4 is 0 Å². The van der Waals surface area contributed by atoms with Crippen LogP contribution >= 0.6 is 0 Å². The summed E-state index contributed by atoms with van der Waals surface area (Å²) < 4.78 is 1.87. The fourth-order valence-corrected chi connectivity index (χ4v) is 3.38. The zero-order chi connectivity index (χ0) is 15.3. The molecule has 21 heavy (non-hydrogen) atoms. The van der Waals surface area contributed by atoms with Gasteiger partial charge in [-0.2, -0.15) is 5.10 Å². The minimum absolute atomic E-state index is 0.113. The van der Waals surface area contributed by atoms with Gasteiger partial charge in [0.1, 0.15) is 12.2 Å². The van der Waals surface area contributed by atoms with E-state index < -0.39 is 0 Å². The number of hydrogen-bond donors (Lipinski definition) is 1. The van der Waals surface area contributed by atoms with Crippen molar-refractivity contribution in [3.63, 3.8) is 0 Å². The van der Waals surface area contributed by atoms with Crippen LogP contribution in [0.25, 0.3) is 0 Å². The van der Waals surface area contributed by atoms with Crippen molar-refractivity contribution in [3.8, 4) is 0 Å². The molecule has 0 fully saturated rings. The van der Waals surface area contributed by atoms with Gasteiger partial charge in [-0.3, -0.25) is 4.68 Å². The third-order valence-electron chi connectivity index (χ3n) is 4.82. The first-order valence-electron chi connectivity index (χ1n) is 7.73. The molecule has 0 bridgehead atoms. The summed E-state index contributed by atoms with van der Waals surface area (Å²) in [5.74, 6) is 1.02. The van der Waals surface area contributed by atoms with E-state index in [0.29, 0.717) is 6.04 Å². The van der Waals surface area contributed by atoms with Crippen molar-refractivity contribution in [3.05, 3.63) is 48.0 Å². The summed E-state index contributed by atoms with van der Waals surface area (Å²) in [6, 6.07) is 11.2. The predicted octanol–water partition coefficient (Wildman–Crippen LogP) is 2.70. The lowest BCUT2D eigenvalue weighted by atomic mass is 9.69. The molecule has 0 radical (unpaired) electrons. The van der Waals surface area contributed by atoms with Gasteiger partial charge in [0.05, 0.1) is 0 Å². The molecule has 0 saturated carbocycles. The average molecular weight is 286 g/mol. The van der Waals surface area contributed by atoms with Gasteiger partial charge in [0, 0.05) is 24.9 Å². The highest BCUT2D eigenvalue weighted by molar-refractivity contribution is 5.28. The van der Waals surface area contributed by atoms with Crippen molar-refractivity contribution in [2.24, 2.45) is 7.05 Å². The Hall–Kier alpha value is -1.68. The van der Waals surface area contributed by atoms with Crippen molar-refractivity contribution in [1.29, 1.82) is 0 Å². The fraction of sp³-hybridized carbons (Fsp3) is 0.529. The molecule has 0 spiro atoms. The maximum atomic E-state index is 4.39. The lowest BCUT2D eigenvalue weighted by molar-refractivity contribution is 0.276. The number of aryl methyl sites for hydroxylation is 1. The van der Waals surface area contributed by atoms with E-state index in [9.17, 15) is 0 Å². The van der Waals surface area contributed by atoms with Crippen LogP contribution < -0.4 is 5.32 Å². The molecule has 2 rings (SSSR count).